The van der Waals surface area contributed by atoms with Crippen molar-refractivity contribution in [1.29, 1.82) is 0 Å². The summed E-state index contributed by atoms with van der Waals surface area (Å²) in [5.74, 6) is 0.874. The van der Waals surface area contributed by atoms with Gasteiger partial charge in [-0.2, -0.15) is 0 Å². The summed E-state index contributed by atoms with van der Waals surface area (Å²) in [5.41, 5.74) is 1.09. The van der Waals surface area contributed by atoms with Gasteiger partial charge in [0, 0.05) is 11.0 Å². The predicted octanol–water partition coefficient (Wildman–Crippen LogP) is 4.27. The third kappa shape index (κ3) is 2.09. The van der Waals surface area contributed by atoms with Gasteiger partial charge in [-0.15, -0.1) is 0 Å². The number of fused-ring (bicyclic) bond motifs is 1. The fourth-order valence-corrected chi connectivity index (χ4v) is 3.33. The number of anilines is 1. The molecule has 1 saturated carbocycles. The predicted molar refractivity (Wildman–Crippen MR) is 73.2 cm³/mol. The lowest BCUT2D eigenvalue weighted by molar-refractivity contribution is 0.333. The molecule has 2 aromatic rings. The molecule has 84 valence electrons. The fourth-order valence-electron chi connectivity index (χ4n) is 1.90. The number of hydrogen-bond donors (Lipinski definition) is 1. The number of nitrogens with one attached hydrogen (secondary N) is 1. The fraction of sp³-hybridized carbons (Fsp3) is 0.417. The summed E-state index contributed by atoms with van der Waals surface area (Å²) in [5, 5.41) is 4.50. The van der Waals surface area contributed by atoms with E-state index < -0.39 is 0 Å². The largest absolute Gasteiger partial charge is 0.361 e. The summed E-state index contributed by atoms with van der Waals surface area (Å²) in [7, 11) is 0. The zero-order chi connectivity index (χ0) is 11.0. The van der Waals surface area contributed by atoms with Crippen LogP contribution in [0.5, 0.6) is 0 Å². The lowest BCUT2D eigenvalue weighted by Gasteiger charge is -2.25. The molecule has 1 aromatic heterocycles. The number of halogens is 1. The van der Waals surface area contributed by atoms with E-state index in [2.05, 4.69) is 38.4 Å². The van der Waals surface area contributed by atoms with Crippen LogP contribution < -0.4 is 5.32 Å². The Balaban J connectivity index is 1.76. The Hall–Kier alpha value is -0.610. The summed E-state index contributed by atoms with van der Waals surface area (Å²) in [6.07, 6.45) is 4.16. The highest BCUT2D eigenvalue weighted by Gasteiger charge is 2.17. The standard InChI is InChI=1S/C12H13BrN2S/c13-9-4-5-10-11(6-9)16-12(15-10)14-7-8-2-1-3-8/h4-6,8H,1-3,7H2,(H,14,15). The molecule has 0 spiro atoms. The molecule has 0 amide bonds. The van der Waals surface area contributed by atoms with Gasteiger partial charge in [0.15, 0.2) is 5.13 Å². The molecule has 1 aromatic carbocycles. The maximum Gasteiger partial charge on any atom is 0.183 e. The van der Waals surface area contributed by atoms with E-state index in [1.54, 1.807) is 11.3 Å². The average Bonchev–Trinajstić information content (AvgIpc) is 2.57. The number of nitrogens with zero attached hydrogens (tertiary/aromatic N) is 1. The molecule has 1 N–H and O–H groups in total. The van der Waals surface area contributed by atoms with E-state index in [1.165, 1.54) is 24.0 Å². The first-order valence-corrected chi connectivity index (χ1v) is 7.22. The van der Waals surface area contributed by atoms with Crippen molar-refractivity contribution in [3.05, 3.63) is 22.7 Å². The first-order valence-electron chi connectivity index (χ1n) is 5.61. The molecule has 2 nitrogen and oxygen atoms in total. The van der Waals surface area contributed by atoms with E-state index in [0.717, 1.165) is 27.6 Å². The lowest BCUT2D eigenvalue weighted by atomic mass is 9.86. The molecule has 0 bridgehead atoms. The lowest BCUT2D eigenvalue weighted by Crippen LogP contribution is -2.20. The summed E-state index contributed by atoms with van der Waals surface area (Å²) in [6.45, 7) is 1.08. The van der Waals surface area contributed by atoms with E-state index in [1.807, 2.05) is 6.07 Å². The first kappa shape index (κ1) is 10.5. The monoisotopic (exact) mass is 296 g/mol. The molecular formula is C12H13BrN2S. The van der Waals surface area contributed by atoms with Crippen LogP contribution in [0.4, 0.5) is 5.13 Å². The van der Waals surface area contributed by atoms with Crippen molar-refractivity contribution in [1.82, 2.24) is 4.98 Å². The molecule has 0 unspecified atom stereocenters. The Morgan fingerprint density at radius 1 is 1.44 bits per heavy atom. The van der Waals surface area contributed by atoms with Crippen molar-refractivity contribution < 1.29 is 0 Å². The highest BCUT2D eigenvalue weighted by atomic mass is 79.9. The van der Waals surface area contributed by atoms with Crippen LogP contribution in [0, 0.1) is 5.92 Å². The minimum absolute atomic E-state index is 0.874. The van der Waals surface area contributed by atoms with Gasteiger partial charge in [0.1, 0.15) is 0 Å². The smallest absolute Gasteiger partial charge is 0.183 e. The maximum absolute atomic E-state index is 4.57. The van der Waals surface area contributed by atoms with Gasteiger partial charge in [-0.25, -0.2) is 4.98 Å². The van der Waals surface area contributed by atoms with Crippen LogP contribution in [-0.4, -0.2) is 11.5 Å². The Morgan fingerprint density at radius 2 is 2.31 bits per heavy atom. The van der Waals surface area contributed by atoms with Gasteiger partial charge in [0.2, 0.25) is 0 Å². The molecule has 3 rings (SSSR count). The number of thiazole rings is 1. The molecule has 1 heterocycles. The number of rotatable bonds is 3. The van der Waals surface area contributed by atoms with Gasteiger partial charge in [-0.1, -0.05) is 33.7 Å². The highest BCUT2D eigenvalue weighted by molar-refractivity contribution is 9.10. The van der Waals surface area contributed by atoms with Crippen LogP contribution in [-0.2, 0) is 0 Å². The quantitative estimate of drug-likeness (QED) is 0.915. The van der Waals surface area contributed by atoms with Crippen molar-refractivity contribution in [2.24, 2.45) is 5.92 Å². The summed E-state index contributed by atoms with van der Waals surface area (Å²) in [4.78, 5) is 4.57. The topological polar surface area (TPSA) is 24.9 Å². The first-order chi connectivity index (χ1) is 7.81. The van der Waals surface area contributed by atoms with E-state index >= 15 is 0 Å². The molecule has 0 atom stereocenters. The molecule has 1 aliphatic rings. The van der Waals surface area contributed by atoms with Gasteiger partial charge in [-0.3, -0.25) is 0 Å². The van der Waals surface area contributed by atoms with E-state index in [4.69, 9.17) is 0 Å². The van der Waals surface area contributed by atoms with Crippen LogP contribution in [0.25, 0.3) is 10.2 Å². The molecular weight excluding hydrogens is 284 g/mol. The molecule has 1 aliphatic carbocycles. The van der Waals surface area contributed by atoms with Crippen LogP contribution in [0.3, 0.4) is 0 Å². The molecule has 1 fully saturated rings. The minimum atomic E-state index is 0.874. The van der Waals surface area contributed by atoms with Gasteiger partial charge in [0.05, 0.1) is 10.2 Å². The number of benzene rings is 1. The Bertz CT molecular complexity index is 505. The summed E-state index contributed by atoms with van der Waals surface area (Å²) in [6, 6.07) is 6.23. The average molecular weight is 297 g/mol. The van der Waals surface area contributed by atoms with Crippen LogP contribution >= 0.6 is 27.3 Å². The van der Waals surface area contributed by atoms with Gasteiger partial charge >= 0.3 is 0 Å². The van der Waals surface area contributed by atoms with Gasteiger partial charge in [0.25, 0.3) is 0 Å². The van der Waals surface area contributed by atoms with Crippen molar-refractivity contribution in [2.75, 3.05) is 11.9 Å². The van der Waals surface area contributed by atoms with Crippen LogP contribution in [0.1, 0.15) is 19.3 Å². The van der Waals surface area contributed by atoms with Gasteiger partial charge < -0.3 is 5.32 Å². The molecule has 0 radical (unpaired) electrons. The second-order valence-corrected chi connectivity index (χ2v) is 6.26. The maximum atomic E-state index is 4.57. The Morgan fingerprint density at radius 3 is 3.06 bits per heavy atom. The van der Waals surface area contributed by atoms with Gasteiger partial charge in [-0.05, 0) is 37.0 Å². The number of hydrogen-bond acceptors (Lipinski definition) is 3. The van der Waals surface area contributed by atoms with Crippen LogP contribution in [0.15, 0.2) is 22.7 Å². The second-order valence-electron chi connectivity index (χ2n) is 4.31. The number of aromatic nitrogens is 1. The SMILES string of the molecule is Brc1ccc2nc(NCC3CCC3)sc2c1. The Labute approximate surface area is 107 Å². The molecule has 16 heavy (non-hydrogen) atoms. The highest BCUT2D eigenvalue weighted by Crippen LogP contribution is 2.30. The third-order valence-electron chi connectivity index (χ3n) is 3.12. The summed E-state index contributed by atoms with van der Waals surface area (Å²) >= 11 is 5.22. The molecule has 0 saturated heterocycles. The van der Waals surface area contributed by atoms with Crippen molar-refractivity contribution in [2.45, 2.75) is 19.3 Å². The van der Waals surface area contributed by atoms with Crippen molar-refractivity contribution in [3.63, 3.8) is 0 Å². The van der Waals surface area contributed by atoms with Crippen LogP contribution in [0.2, 0.25) is 0 Å². The zero-order valence-corrected chi connectivity index (χ0v) is 11.3. The second kappa shape index (κ2) is 4.34. The zero-order valence-electron chi connectivity index (χ0n) is 8.87. The van der Waals surface area contributed by atoms with E-state index in [-0.39, 0.29) is 0 Å². The molecule has 4 heteroatoms. The third-order valence-corrected chi connectivity index (χ3v) is 4.59. The Kier molecular flexibility index (Phi) is 2.86. The minimum Gasteiger partial charge on any atom is -0.361 e. The normalized spacial score (nSPS) is 16.3. The van der Waals surface area contributed by atoms with E-state index in [9.17, 15) is 0 Å². The van der Waals surface area contributed by atoms with Crippen molar-refractivity contribution >= 4 is 42.6 Å². The van der Waals surface area contributed by atoms with Crippen molar-refractivity contribution in [3.8, 4) is 0 Å². The summed E-state index contributed by atoms with van der Waals surface area (Å²) < 4.78 is 2.36. The molecule has 0 aliphatic heterocycles. The van der Waals surface area contributed by atoms with E-state index in [0.29, 0.717) is 0 Å².